The molecule has 1 N–H and O–H groups in total. The van der Waals surface area contributed by atoms with E-state index in [0.29, 0.717) is 6.10 Å². The summed E-state index contributed by atoms with van der Waals surface area (Å²) >= 11 is 0. The van der Waals surface area contributed by atoms with Crippen molar-refractivity contribution in [3.05, 3.63) is 30.1 Å². The molecule has 4 heteroatoms. The summed E-state index contributed by atoms with van der Waals surface area (Å²) in [5.74, 6) is 0. The van der Waals surface area contributed by atoms with Crippen LogP contribution in [0.25, 0.3) is 0 Å². The Hall–Kier alpha value is -0.640. The number of ether oxygens (including phenoxy) is 1. The fourth-order valence-electron chi connectivity index (χ4n) is 1.67. The molecule has 84 valence electrons. The monoisotopic (exact) mass is 228 g/mol. The van der Waals surface area contributed by atoms with E-state index in [9.17, 15) is 0 Å². The maximum absolute atomic E-state index is 5.51. The summed E-state index contributed by atoms with van der Waals surface area (Å²) in [4.78, 5) is 4.24. The molecule has 1 saturated heterocycles. The smallest absolute Gasteiger partial charge is 0.0700 e. The van der Waals surface area contributed by atoms with E-state index in [1.165, 1.54) is 12.8 Å². The number of halogens is 1. The Labute approximate surface area is 96.7 Å². The predicted octanol–water partition coefficient (Wildman–Crippen LogP) is 1.77. The first-order valence-electron chi connectivity index (χ1n) is 5.17. The quantitative estimate of drug-likeness (QED) is 0.853. The number of pyridine rings is 1. The van der Waals surface area contributed by atoms with Gasteiger partial charge in [-0.25, -0.2) is 0 Å². The third kappa shape index (κ3) is 4.16. The lowest BCUT2D eigenvalue weighted by Gasteiger charge is -2.09. The van der Waals surface area contributed by atoms with Crippen molar-refractivity contribution in [2.24, 2.45) is 0 Å². The Morgan fingerprint density at radius 3 is 3.07 bits per heavy atom. The molecule has 1 atom stereocenters. The van der Waals surface area contributed by atoms with Gasteiger partial charge in [0.25, 0.3) is 0 Å². The first-order valence-corrected chi connectivity index (χ1v) is 5.17. The molecule has 15 heavy (non-hydrogen) atoms. The SMILES string of the molecule is Cl.c1ccc(CNCC2CCCO2)nc1. The van der Waals surface area contributed by atoms with Gasteiger partial charge in [-0.15, -0.1) is 12.4 Å². The molecule has 1 aromatic rings. The molecule has 1 aliphatic rings. The highest BCUT2D eigenvalue weighted by Crippen LogP contribution is 2.10. The summed E-state index contributed by atoms with van der Waals surface area (Å²) < 4.78 is 5.51. The summed E-state index contributed by atoms with van der Waals surface area (Å²) in [7, 11) is 0. The zero-order valence-electron chi connectivity index (χ0n) is 8.69. The van der Waals surface area contributed by atoms with Crippen LogP contribution in [0.15, 0.2) is 24.4 Å². The van der Waals surface area contributed by atoms with E-state index in [1.807, 2.05) is 24.4 Å². The molecular formula is C11H17ClN2O. The van der Waals surface area contributed by atoms with Crippen LogP contribution in [0.5, 0.6) is 0 Å². The van der Waals surface area contributed by atoms with Gasteiger partial charge in [0.1, 0.15) is 0 Å². The Morgan fingerprint density at radius 1 is 1.47 bits per heavy atom. The fourth-order valence-corrected chi connectivity index (χ4v) is 1.67. The van der Waals surface area contributed by atoms with Gasteiger partial charge < -0.3 is 10.1 Å². The number of aromatic nitrogens is 1. The van der Waals surface area contributed by atoms with Gasteiger partial charge >= 0.3 is 0 Å². The Balaban J connectivity index is 0.00000112. The minimum absolute atomic E-state index is 0. The molecule has 3 nitrogen and oxygen atoms in total. The van der Waals surface area contributed by atoms with Crippen molar-refractivity contribution in [2.75, 3.05) is 13.2 Å². The van der Waals surface area contributed by atoms with Crippen molar-refractivity contribution in [2.45, 2.75) is 25.5 Å². The summed E-state index contributed by atoms with van der Waals surface area (Å²) in [6.07, 6.45) is 4.63. The van der Waals surface area contributed by atoms with Crippen LogP contribution in [0.1, 0.15) is 18.5 Å². The van der Waals surface area contributed by atoms with E-state index >= 15 is 0 Å². The van der Waals surface area contributed by atoms with Gasteiger partial charge in [0.05, 0.1) is 11.8 Å². The summed E-state index contributed by atoms with van der Waals surface area (Å²) in [6.45, 7) is 2.70. The van der Waals surface area contributed by atoms with E-state index in [2.05, 4.69) is 10.3 Å². The topological polar surface area (TPSA) is 34.1 Å². The summed E-state index contributed by atoms with van der Waals surface area (Å²) in [5.41, 5.74) is 1.09. The lowest BCUT2D eigenvalue weighted by atomic mass is 10.2. The zero-order chi connectivity index (χ0) is 9.64. The molecule has 1 unspecified atom stereocenters. The largest absolute Gasteiger partial charge is 0.377 e. The van der Waals surface area contributed by atoms with Crippen molar-refractivity contribution < 1.29 is 4.74 Å². The van der Waals surface area contributed by atoms with E-state index in [-0.39, 0.29) is 12.4 Å². The van der Waals surface area contributed by atoms with Crippen LogP contribution in [0.2, 0.25) is 0 Å². The molecule has 0 spiro atoms. The molecule has 1 fully saturated rings. The highest BCUT2D eigenvalue weighted by atomic mass is 35.5. The van der Waals surface area contributed by atoms with Gasteiger partial charge in [0, 0.05) is 25.9 Å². The Bertz CT molecular complexity index is 263. The number of hydrogen-bond acceptors (Lipinski definition) is 3. The molecule has 0 saturated carbocycles. The van der Waals surface area contributed by atoms with Crippen molar-refractivity contribution in [3.8, 4) is 0 Å². The minimum atomic E-state index is 0. The minimum Gasteiger partial charge on any atom is -0.377 e. The highest BCUT2D eigenvalue weighted by Gasteiger charge is 2.14. The van der Waals surface area contributed by atoms with Gasteiger partial charge in [0.2, 0.25) is 0 Å². The van der Waals surface area contributed by atoms with Crippen molar-refractivity contribution in [3.63, 3.8) is 0 Å². The van der Waals surface area contributed by atoms with Crippen molar-refractivity contribution in [1.82, 2.24) is 10.3 Å². The molecule has 0 radical (unpaired) electrons. The predicted molar refractivity (Wildman–Crippen MR) is 62.2 cm³/mol. The Kier molecular flexibility index (Phi) is 5.61. The average Bonchev–Trinajstić information content (AvgIpc) is 2.72. The van der Waals surface area contributed by atoms with Crippen LogP contribution < -0.4 is 5.32 Å². The molecule has 1 aliphatic heterocycles. The second-order valence-corrected chi connectivity index (χ2v) is 3.59. The van der Waals surface area contributed by atoms with Crippen LogP contribution in [0.3, 0.4) is 0 Å². The standard InChI is InChI=1S/C11H16N2O.ClH/c1-2-6-13-10(4-1)8-12-9-11-5-3-7-14-11;/h1-2,4,6,11-12H,3,5,7-9H2;1H. The molecule has 2 rings (SSSR count). The molecule has 0 bridgehead atoms. The van der Waals surface area contributed by atoms with Crippen LogP contribution in [0, 0.1) is 0 Å². The second kappa shape index (κ2) is 6.77. The van der Waals surface area contributed by atoms with Crippen LogP contribution >= 0.6 is 12.4 Å². The normalized spacial score (nSPS) is 19.9. The third-order valence-corrected chi connectivity index (χ3v) is 2.43. The van der Waals surface area contributed by atoms with Crippen molar-refractivity contribution in [1.29, 1.82) is 0 Å². The van der Waals surface area contributed by atoms with E-state index in [0.717, 1.165) is 25.4 Å². The maximum Gasteiger partial charge on any atom is 0.0700 e. The molecule has 2 heterocycles. The fraction of sp³-hybridized carbons (Fsp3) is 0.545. The van der Waals surface area contributed by atoms with Crippen LogP contribution in [-0.4, -0.2) is 24.2 Å². The molecule has 1 aromatic heterocycles. The molecule has 0 amide bonds. The highest BCUT2D eigenvalue weighted by molar-refractivity contribution is 5.85. The van der Waals surface area contributed by atoms with Crippen molar-refractivity contribution >= 4 is 12.4 Å². The first-order chi connectivity index (χ1) is 6.95. The van der Waals surface area contributed by atoms with Gasteiger partial charge in [-0.3, -0.25) is 4.98 Å². The molecule has 0 aliphatic carbocycles. The first kappa shape index (κ1) is 12.4. The number of rotatable bonds is 4. The van der Waals surface area contributed by atoms with Gasteiger partial charge in [0.15, 0.2) is 0 Å². The average molecular weight is 229 g/mol. The lowest BCUT2D eigenvalue weighted by Crippen LogP contribution is -2.26. The number of nitrogens with zero attached hydrogens (tertiary/aromatic N) is 1. The lowest BCUT2D eigenvalue weighted by molar-refractivity contribution is 0.110. The van der Waals surface area contributed by atoms with Crippen LogP contribution in [-0.2, 0) is 11.3 Å². The number of hydrogen-bond donors (Lipinski definition) is 1. The Morgan fingerprint density at radius 2 is 2.40 bits per heavy atom. The van der Waals surface area contributed by atoms with Gasteiger partial charge in [-0.2, -0.15) is 0 Å². The molecular weight excluding hydrogens is 212 g/mol. The number of nitrogens with one attached hydrogen (secondary N) is 1. The van der Waals surface area contributed by atoms with E-state index < -0.39 is 0 Å². The van der Waals surface area contributed by atoms with Crippen LogP contribution in [0.4, 0.5) is 0 Å². The van der Waals surface area contributed by atoms with E-state index in [1.54, 1.807) is 0 Å². The summed E-state index contributed by atoms with van der Waals surface area (Å²) in [6, 6.07) is 5.97. The summed E-state index contributed by atoms with van der Waals surface area (Å²) in [5, 5.41) is 3.36. The third-order valence-electron chi connectivity index (χ3n) is 2.43. The second-order valence-electron chi connectivity index (χ2n) is 3.59. The molecule has 0 aromatic carbocycles. The van der Waals surface area contributed by atoms with Gasteiger partial charge in [-0.1, -0.05) is 6.07 Å². The zero-order valence-corrected chi connectivity index (χ0v) is 9.50. The maximum atomic E-state index is 5.51. The van der Waals surface area contributed by atoms with E-state index in [4.69, 9.17) is 4.74 Å². The van der Waals surface area contributed by atoms with Gasteiger partial charge in [-0.05, 0) is 25.0 Å².